The van der Waals surface area contributed by atoms with Crippen molar-refractivity contribution in [2.75, 3.05) is 26.3 Å². The van der Waals surface area contributed by atoms with Gasteiger partial charge in [-0.15, -0.1) is 0 Å². The Bertz CT molecular complexity index is 500. The Morgan fingerprint density at radius 1 is 1.09 bits per heavy atom. The number of morpholine rings is 1. The summed E-state index contributed by atoms with van der Waals surface area (Å²) in [6, 6.07) is -0.0937. The van der Waals surface area contributed by atoms with E-state index in [1.807, 2.05) is 13.8 Å². The maximum absolute atomic E-state index is 12.8. The minimum absolute atomic E-state index is 0.0937. The van der Waals surface area contributed by atoms with Gasteiger partial charge in [0.05, 0.1) is 23.9 Å². The number of nitrogens with zero attached hydrogens (tertiary/aromatic N) is 1. The normalized spacial score (nSPS) is 32.4. The van der Waals surface area contributed by atoms with Gasteiger partial charge in [-0.1, -0.05) is 19.3 Å². The molecule has 22 heavy (non-hydrogen) atoms. The molecule has 0 aromatic carbocycles. The molecule has 1 spiro atoms. The number of ether oxygens (including phenoxy) is 2. The van der Waals surface area contributed by atoms with Crippen LogP contribution in [-0.2, 0) is 19.7 Å². The van der Waals surface area contributed by atoms with Crippen molar-refractivity contribution in [1.29, 1.82) is 0 Å². The fraction of sp³-hybridized carbons (Fsp3) is 1.00. The van der Waals surface area contributed by atoms with E-state index in [2.05, 4.69) is 4.72 Å². The Balaban J connectivity index is 1.71. The van der Waals surface area contributed by atoms with E-state index in [0.717, 1.165) is 32.1 Å². The van der Waals surface area contributed by atoms with Crippen LogP contribution in [0.5, 0.6) is 0 Å². The summed E-state index contributed by atoms with van der Waals surface area (Å²) in [7, 11) is -3.49. The van der Waals surface area contributed by atoms with Gasteiger partial charge >= 0.3 is 0 Å². The summed E-state index contributed by atoms with van der Waals surface area (Å²) < 4.78 is 41.6. The molecular weight excluding hydrogens is 304 g/mol. The van der Waals surface area contributed by atoms with Gasteiger partial charge in [0.2, 0.25) is 0 Å². The first kappa shape index (κ1) is 16.6. The molecule has 0 aromatic heterocycles. The van der Waals surface area contributed by atoms with Gasteiger partial charge in [0.15, 0.2) is 0 Å². The smallest absolute Gasteiger partial charge is 0.279 e. The molecule has 2 saturated heterocycles. The van der Waals surface area contributed by atoms with Crippen molar-refractivity contribution in [1.82, 2.24) is 9.03 Å². The second kappa shape index (κ2) is 6.02. The second-order valence-corrected chi connectivity index (χ2v) is 9.08. The Labute approximate surface area is 133 Å². The van der Waals surface area contributed by atoms with E-state index in [0.29, 0.717) is 26.3 Å². The summed E-state index contributed by atoms with van der Waals surface area (Å²) >= 11 is 0. The van der Waals surface area contributed by atoms with E-state index in [1.54, 1.807) is 0 Å². The third-order valence-corrected chi connectivity index (χ3v) is 6.73. The SMILES string of the molecule is CC1(C)CN(S(=O)(=O)NC2CCOC23CCCCC3)CCO1. The van der Waals surface area contributed by atoms with Crippen LogP contribution in [0, 0.1) is 0 Å². The molecule has 1 aliphatic carbocycles. The molecule has 2 heterocycles. The van der Waals surface area contributed by atoms with Gasteiger partial charge in [-0.2, -0.15) is 17.4 Å². The van der Waals surface area contributed by atoms with Gasteiger partial charge in [0.25, 0.3) is 10.2 Å². The number of nitrogens with one attached hydrogen (secondary N) is 1. The average Bonchev–Trinajstić information content (AvgIpc) is 2.80. The molecule has 0 aromatic rings. The predicted octanol–water partition coefficient (Wildman–Crippen LogP) is 1.42. The highest BCUT2D eigenvalue weighted by Gasteiger charge is 2.47. The second-order valence-electron chi connectivity index (χ2n) is 7.38. The zero-order chi connectivity index (χ0) is 15.8. The van der Waals surface area contributed by atoms with E-state index in [-0.39, 0.29) is 11.6 Å². The summed E-state index contributed by atoms with van der Waals surface area (Å²) in [6.07, 6.45) is 6.18. The molecule has 1 unspecified atom stereocenters. The Hall–Kier alpha value is -0.210. The van der Waals surface area contributed by atoms with Crippen molar-refractivity contribution in [2.24, 2.45) is 0 Å². The Morgan fingerprint density at radius 2 is 1.82 bits per heavy atom. The van der Waals surface area contributed by atoms with Crippen molar-refractivity contribution in [2.45, 2.75) is 69.6 Å². The molecule has 128 valence electrons. The monoisotopic (exact) mass is 332 g/mol. The first-order chi connectivity index (χ1) is 10.3. The summed E-state index contributed by atoms with van der Waals surface area (Å²) in [5.74, 6) is 0. The van der Waals surface area contributed by atoms with Crippen molar-refractivity contribution in [3.63, 3.8) is 0 Å². The standard InChI is InChI=1S/C15H28N2O4S/c1-14(2)12-17(9-11-20-14)22(18,19)16-13-6-10-21-15(13)7-4-3-5-8-15/h13,16H,3-12H2,1-2H3. The lowest BCUT2D eigenvalue weighted by Crippen LogP contribution is -2.58. The lowest BCUT2D eigenvalue weighted by atomic mass is 9.80. The van der Waals surface area contributed by atoms with Gasteiger partial charge < -0.3 is 9.47 Å². The van der Waals surface area contributed by atoms with Gasteiger partial charge in [0.1, 0.15) is 0 Å². The van der Waals surface area contributed by atoms with Crippen molar-refractivity contribution in [3.05, 3.63) is 0 Å². The van der Waals surface area contributed by atoms with Crippen molar-refractivity contribution < 1.29 is 17.9 Å². The number of hydrogen-bond donors (Lipinski definition) is 1. The van der Waals surface area contributed by atoms with Gasteiger partial charge in [0, 0.05) is 19.7 Å². The molecule has 0 bridgehead atoms. The summed E-state index contributed by atoms with van der Waals surface area (Å²) in [4.78, 5) is 0. The Morgan fingerprint density at radius 3 is 2.50 bits per heavy atom. The zero-order valence-electron chi connectivity index (χ0n) is 13.6. The summed E-state index contributed by atoms with van der Waals surface area (Å²) in [5.41, 5.74) is -0.700. The van der Waals surface area contributed by atoms with Crippen LogP contribution in [-0.4, -0.2) is 56.3 Å². The number of rotatable bonds is 3. The fourth-order valence-electron chi connectivity index (χ4n) is 3.99. The predicted molar refractivity (Wildman–Crippen MR) is 83.8 cm³/mol. The van der Waals surface area contributed by atoms with Gasteiger partial charge in [-0.3, -0.25) is 0 Å². The van der Waals surface area contributed by atoms with Crippen LogP contribution >= 0.6 is 0 Å². The molecule has 6 nitrogen and oxygen atoms in total. The maximum atomic E-state index is 12.8. The molecule has 3 rings (SSSR count). The zero-order valence-corrected chi connectivity index (χ0v) is 14.5. The maximum Gasteiger partial charge on any atom is 0.279 e. The van der Waals surface area contributed by atoms with Gasteiger partial charge in [-0.25, -0.2) is 0 Å². The fourth-order valence-corrected chi connectivity index (χ4v) is 5.62. The third-order valence-electron chi connectivity index (χ3n) is 5.15. The van der Waals surface area contributed by atoms with Crippen molar-refractivity contribution >= 4 is 10.2 Å². The average molecular weight is 332 g/mol. The molecule has 1 atom stereocenters. The van der Waals surface area contributed by atoms with Crippen LogP contribution in [0.25, 0.3) is 0 Å². The minimum atomic E-state index is -3.49. The van der Waals surface area contributed by atoms with E-state index in [1.165, 1.54) is 10.7 Å². The highest BCUT2D eigenvalue weighted by Crippen LogP contribution is 2.40. The van der Waals surface area contributed by atoms with Crippen LogP contribution in [0.3, 0.4) is 0 Å². The molecule has 3 fully saturated rings. The van der Waals surface area contributed by atoms with E-state index in [9.17, 15) is 8.42 Å². The number of hydrogen-bond acceptors (Lipinski definition) is 4. The highest BCUT2D eigenvalue weighted by atomic mass is 32.2. The van der Waals surface area contributed by atoms with Crippen LogP contribution in [0.15, 0.2) is 0 Å². The quantitative estimate of drug-likeness (QED) is 0.849. The molecule has 3 aliphatic rings. The molecule has 1 saturated carbocycles. The van der Waals surface area contributed by atoms with E-state index >= 15 is 0 Å². The van der Waals surface area contributed by atoms with Gasteiger partial charge in [-0.05, 0) is 33.1 Å². The van der Waals surface area contributed by atoms with Crippen LogP contribution in [0.1, 0.15) is 52.4 Å². The molecule has 2 aliphatic heterocycles. The third kappa shape index (κ3) is 3.33. The molecular formula is C15H28N2O4S. The van der Waals surface area contributed by atoms with Crippen molar-refractivity contribution in [3.8, 4) is 0 Å². The molecule has 7 heteroatoms. The topological polar surface area (TPSA) is 67.9 Å². The first-order valence-electron chi connectivity index (χ1n) is 8.38. The van der Waals surface area contributed by atoms with E-state index in [4.69, 9.17) is 9.47 Å². The molecule has 0 radical (unpaired) electrons. The summed E-state index contributed by atoms with van der Waals surface area (Å²) in [5, 5.41) is 0. The largest absolute Gasteiger partial charge is 0.373 e. The van der Waals surface area contributed by atoms with Crippen LogP contribution in [0.4, 0.5) is 0 Å². The van der Waals surface area contributed by atoms with Crippen LogP contribution < -0.4 is 4.72 Å². The lowest BCUT2D eigenvalue weighted by Gasteiger charge is -2.41. The minimum Gasteiger partial charge on any atom is -0.373 e. The lowest BCUT2D eigenvalue weighted by molar-refractivity contribution is -0.0649. The van der Waals surface area contributed by atoms with E-state index < -0.39 is 15.8 Å². The van der Waals surface area contributed by atoms with Crippen LogP contribution in [0.2, 0.25) is 0 Å². The summed E-state index contributed by atoms with van der Waals surface area (Å²) in [6.45, 7) is 5.76. The Kier molecular flexibility index (Phi) is 4.55. The molecule has 1 N–H and O–H groups in total. The molecule has 0 amide bonds. The highest BCUT2D eigenvalue weighted by molar-refractivity contribution is 7.87. The first-order valence-corrected chi connectivity index (χ1v) is 9.82.